The lowest BCUT2D eigenvalue weighted by Crippen LogP contribution is -2.47. The molecule has 1 aliphatic rings. The third-order valence-electron chi connectivity index (χ3n) is 3.24. The van der Waals surface area contributed by atoms with E-state index in [1.165, 1.54) is 12.3 Å². The third kappa shape index (κ3) is 2.77. The quantitative estimate of drug-likeness (QED) is 0.836. The highest BCUT2D eigenvalue weighted by molar-refractivity contribution is 9.09. The second-order valence-corrected chi connectivity index (χ2v) is 5.08. The molecule has 1 aromatic heterocycles. The summed E-state index contributed by atoms with van der Waals surface area (Å²) in [6.07, 6.45) is 5.77. The van der Waals surface area contributed by atoms with Crippen molar-refractivity contribution in [2.75, 3.05) is 5.33 Å². The average Bonchev–Trinajstić information content (AvgIpc) is 2.79. The number of pyridine rings is 1. The molecule has 1 saturated carbocycles. The minimum atomic E-state index is -0.197. The van der Waals surface area contributed by atoms with E-state index in [1.807, 2.05) is 0 Å². The first kappa shape index (κ1) is 12.4. The standard InChI is InChI=1S/C12H15BrN2O2/c13-8-12(5-1-2-6-12)15-11(17)9-3-4-10(16)14-7-9/h3-4,7H,1-2,5-6,8H2,(H,14,16)(H,15,17). The number of aromatic amines is 1. The Morgan fingerprint density at radius 2 is 2.12 bits per heavy atom. The van der Waals surface area contributed by atoms with E-state index >= 15 is 0 Å². The number of alkyl halides is 1. The van der Waals surface area contributed by atoms with Crippen LogP contribution in [0.25, 0.3) is 0 Å². The van der Waals surface area contributed by atoms with Gasteiger partial charge in [0.2, 0.25) is 5.56 Å². The highest BCUT2D eigenvalue weighted by Gasteiger charge is 2.34. The van der Waals surface area contributed by atoms with E-state index in [0.717, 1.165) is 31.0 Å². The molecule has 2 N–H and O–H groups in total. The Labute approximate surface area is 108 Å². The molecule has 0 bridgehead atoms. The predicted molar refractivity (Wildman–Crippen MR) is 69.5 cm³/mol. The fourth-order valence-corrected chi connectivity index (χ4v) is 2.91. The second-order valence-electron chi connectivity index (χ2n) is 4.52. The number of halogens is 1. The molecule has 92 valence electrons. The van der Waals surface area contributed by atoms with Gasteiger partial charge in [0.05, 0.1) is 11.1 Å². The minimum absolute atomic E-state index is 0.118. The zero-order valence-corrected chi connectivity index (χ0v) is 11.0. The minimum Gasteiger partial charge on any atom is -0.346 e. The van der Waals surface area contributed by atoms with Crippen molar-refractivity contribution < 1.29 is 4.79 Å². The average molecular weight is 299 g/mol. The number of carbonyl (C=O) groups excluding carboxylic acids is 1. The lowest BCUT2D eigenvalue weighted by Gasteiger charge is -2.28. The lowest BCUT2D eigenvalue weighted by molar-refractivity contribution is 0.0910. The summed E-state index contributed by atoms with van der Waals surface area (Å²) >= 11 is 3.47. The molecule has 0 atom stereocenters. The van der Waals surface area contributed by atoms with Crippen LogP contribution in [0.4, 0.5) is 0 Å². The maximum absolute atomic E-state index is 12.0. The number of aromatic nitrogens is 1. The molecule has 1 heterocycles. The maximum atomic E-state index is 12.0. The van der Waals surface area contributed by atoms with Crippen molar-refractivity contribution in [1.82, 2.24) is 10.3 Å². The summed E-state index contributed by atoms with van der Waals surface area (Å²) in [4.78, 5) is 25.4. The smallest absolute Gasteiger partial charge is 0.253 e. The Bertz CT molecular complexity index is 443. The van der Waals surface area contributed by atoms with Crippen LogP contribution in [0.15, 0.2) is 23.1 Å². The van der Waals surface area contributed by atoms with Crippen LogP contribution >= 0.6 is 15.9 Å². The van der Waals surface area contributed by atoms with Gasteiger partial charge >= 0.3 is 0 Å². The SMILES string of the molecule is O=C(NC1(CBr)CCCC1)c1ccc(=O)[nH]c1. The van der Waals surface area contributed by atoms with E-state index in [2.05, 4.69) is 26.2 Å². The molecular formula is C12H15BrN2O2. The Kier molecular flexibility index (Phi) is 3.66. The molecule has 5 heteroatoms. The fraction of sp³-hybridized carbons (Fsp3) is 0.500. The Morgan fingerprint density at radius 1 is 1.41 bits per heavy atom. The summed E-state index contributed by atoms with van der Waals surface area (Å²) in [5, 5.41) is 3.84. The topological polar surface area (TPSA) is 62.0 Å². The van der Waals surface area contributed by atoms with Gasteiger partial charge in [-0.1, -0.05) is 28.8 Å². The van der Waals surface area contributed by atoms with Crippen LogP contribution in [-0.4, -0.2) is 21.8 Å². The molecule has 1 amide bonds. The van der Waals surface area contributed by atoms with Crippen molar-refractivity contribution in [3.63, 3.8) is 0 Å². The molecule has 1 fully saturated rings. The molecule has 1 aromatic rings. The van der Waals surface area contributed by atoms with E-state index in [4.69, 9.17) is 0 Å². The summed E-state index contributed by atoms with van der Waals surface area (Å²) in [7, 11) is 0. The van der Waals surface area contributed by atoms with E-state index in [0.29, 0.717) is 5.56 Å². The predicted octanol–water partition coefficient (Wildman–Crippen LogP) is 1.81. The van der Waals surface area contributed by atoms with Crippen LogP contribution in [0.5, 0.6) is 0 Å². The van der Waals surface area contributed by atoms with E-state index < -0.39 is 0 Å². The molecule has 0 spiro atoms. The first-order valence-electron chi connectivity index (χ1n) is 5.72. The summed E-state index contributed by atoms with van der Waals surface area (Å²) in [5.41, 5.74) is 0.183. The third-order valence-corrected chi connectivity index (χ3v) is 4.31. The van der Waals surface area contributed by atoms with Gasteiger partial charge in [-0.25, -0.2) is 0 Å². The number of hydrogen-bond donors (Lipinski definition) is 2. The maximum Gasteiger partial charge on any atom is 0.253 e. The zero-order chi connectivity index (χ0) is 12.3. The molecule has 0 aromatic carbocycles. The lowest BCUT2D eigenvalue weighted by atomic mass is 10.00. The van der Waals surface area contributed by atoms with Crippen molar-refractivity contribution in [3.8, 4) is 0 Å². The number of carbonyl (C=O) groups is 1. The van der Waals surface area contributed by atoms with Crippen molar-refractivity contribution in [3.05, 3.63) is 34.2 Å². The summed E-state index contributed by atoms with van der Waals surface area (Å²) in [6, 6.07) is 2.91. The van der Waals surface area contributed by atoms with Crippen LogP contribution in [-0.2, 0) is 0 Å². The molecule has 4 nitrogen and oxygen atoms in total. The summed E-state index contributed by atoms with van der Waals surface area (Å²) < 4.78 is 0. The van der Waals surface area contributed by atoms with Gasteiger partial charge in [-0.15, -0.1) is 0 Å². The van der Waals surface area contributed by atoms with Crippen molar-refractivity contribution >= 4 is 21.8 Å². The van der Waals surface area contributed by atoms with Crippen LogP contribution in [0.1, 0.15) is 36.0 Å². The normalized spacial score (nSPS) is 17.9. The molecule has 0 saturated heterocycles. The van der Waals surface area contributed by atoms with Gasteiger partial charge in [-0.2, -0.15) is 0 Å². The van der Waals surface area contributed by atoms with Gasteiger partial charge in [-0.3, -0.25) is 9.59 Å². The van der Waals surface area contributed by atoms with Crippen molar-refractivity contribution in [2.24, 2.45) is 0 Å². The van der Waals surface area contributed by atoms with Crippen molar-refractivity contribution in [1.29, 1.82) is 0 Å². The first-order chi connectivity index (χ1) is 8.15. The molecule has 0 unspecified atom stereocenters. The number of nitrogens with one attached hydrogen (secondary N) is 2. The second kappa shape index (κ2) is 5.04. The Hall–Kier alpha value is -1.10. The van der Waals surface area contributed by atoms with Gasteiger partial charge in [0.25, 0.3) is 5.91 Å². The zero-order valence-electron chi connectivity index (χ0n) is 9.46. The van der Waals surface area contributed by atoms with Crippen LogP contribution in [0.3, 0.4) is 0 Å². The van der Waals surface area contributed by atoms with E-state index in [1.54, 1.807) is 6.07 Å². The van der Waals surface area contributed by atoms with Crippen LogP contribution < -0.4 is 10.9 Å². The molecule has 1 aliphatic carbocycles. The number of hydrogen-bond acceptors (Lipinski definition) is 2. The first-order valence-corrected chi connectivity index (χ1v) is 6.85. The Morgan fingerprint density at radius 3 is 2.65 bits per heavy atom. The highest BCUT2D eigenvalue weighted by Crippen LogP contribution is 2.31. The fourth-order valence-electron chi connectivity index (χ4n) is 2.21. The van der Waals surface area contributed by atoms with E-state index in [-0.39, 0.29) is 17.0 Å². The Balaban J connectivity index is 2.10. The molecule has 0 radical (unpaired) electrons. The van der Waals surface area contributed by atoms with E-state index in [9.17, 15) is 9.59 Å². The van der Waals surface area contributed by atoms with Gasteiger partial charge in [0, 0.05) is 17.6 Å². The molecular weight excluding hydrogens is 284 g/mol. The number of H-pyrrole nitrogens is 1. The van der Waals surface area contributed by atoms with Gasteiger partial charge in [0.15, 0.2) is 0 Å². The molecule has 17 heavy (non-hydrogen) atoms. The van der Waals surface area contributed by atoms with Crippen LogP contribution in [0.2, 0.25) is 0 Å². The summed E-state index contributed by atoms with van der Waals surface area (Å²) in [5.74, 6) is -0.123. The number of amides is 1. The van der Waals surface area contributed by atoms with Crippen LogP contribution in [0, 0.1) is 0 Å². The monoisotopic (exact) mass is 298 g/mol. The molecule has 0 aliphatic heterocycles. The van der Waals surface area contributed by atoms with Gasteiger partial charge < -0.3 is 10.3 Å². The van der Waals surface area contributed by atoms with Gasteiger partial charge in [-0.05, 0) is 18.9 Å². The summed E-state index contributed by atoms with van der Waals surface area (Å²) in [6.45, 7) is 0. The van der Waals surface area contributed by atoms with Crippen molar-refractivity contribution in [2.45, 2.75) is 31.2 Å². The molecule has 2 rings (SSSR count). The number of rotatable bonds is 3. The highest BCUT2D eigenvalue weighted by atomic mass is 79.9. The largest absolute Gasteiger partial charge is 0.346 e. The van der Waals surface area contributed by atoms with Gasteiger partial charge in [0.1, 0.15) is 0 Å².